The highest BCUT2D eigenvalue weighted by molar-refractivity contribution is 6.17. The Morgan fingerprint density at radius 1 is 1.33 bits per heavy atom. The minimum atomic E-state index is -4.14. The van der Waals surface area contributed by atoms with Gasteiger partial charge in [0.15, 0.2) is 0 Å². The summed E-state index contributed by atoms with van der Waals surface area (Å²) in [5.74, 6) is 1.73. The van der Waals surface area contributed by atoms with E-state index in [9.17, 15) is 13.2 Å². The molecule has 0 amide bonds. The molecule has 0 aliphatic heterocycles. The zero-order chi connectivity index (χ0) is 15.5. The first-order chi connectivity index (χ1) is 9.94. The van der Waals surface area contributed by atoms with Crippen LogP contribution in [0, 0.1) is 0 Å². The van der Waals surface area contributed by atoms with E-state index in [1.54, 1.807) is 29.9 Å². The number of alkyl halides is 4. The highest BCUT2D eigenvalue weighted by Gasteiger charge is 2.26. The van der Waals surface area contributed by atoms with Crippen molar-refractivity contribution in [3.8, 4) is 5.75 Å². The molecule has 0 saturated heterocycles. The van der Waals surface area contributed by atoms with E-state index < -0.39 is 12.6 Å². The molecule has 0 bridgehead atoms. The second-order valence-corrected chi connectivity index (χ2v) is 5.07. The van der Waals surface area contributed by atoms with Gasteiger partial charge >= 0.3 is 6.18 Å². The SMILES string of the molecule is COc1ccc2nc(CCCl)n(CCCC(F)(F)F)c2c1. The lowest BCUT2D eigenvalue weighted by Crippen LogP contribution is -2.11. The second-order valence-electron chi connectivity index (χ2n) is 4.69. The van der Waals surface area contributed by atoms with Crippen LogP contribution in [0.25, 0.3) is 11.0 Å². The maximum absolute atomic E-state index is 12.3. The maximum Gasteiger partial charge on any atom is 0.389 e. The number of fused-ring (bicyclic) bond motifs is 1. The third kappa shape index (κ3) is 4.03. The topological polar surface area (TPSA) is 27.1 Å². The molecule has 116 valence electrons. The average molecular weight is 321 g/mol. The van der Waals surface area contributed by atoms with Crippen molar-refractivity contribution < 1.29 is 17.9 Å². The zero-order valence-electron chi connectivity index (χ0n) is 11.6. The Bertz CT molecular complexity index is 610. The quantitative estimate of drug-likeness (QED) is 0.747. The number of halogens is 4. The Morgan fingerprint density at radius 2 is 2.10 bits per heavy atom. The molecular formula is C14H16ClF3N2O. The first-order valence-corrected chi connectivity index (χ1v) is 7.14. The zero-order valence-corrected chi connectivity index (χ0v) is 12.3. The van der Waals surface area contributed by atoms with Crippen LogP contribution in [0.15, 0.2) is 18.2 Å². The first kappa shape index (κ1) is 15.9. The van der Waals surface area contributed by atoms with Gasteiger partial charge < -0.3 is 9.30 Å². The standard InChI is InChI=1S/C14H16ClF3N2O/c1-21-10-3-4-11-12(9-10)20(13(19-11)5-7-15)8-2-6-14(16,17)18/h3-4,9H,2,5-8H2,1H3. The molecule has 3 nitrogen and oxygen atoms in total. The predicted octanol–water partition coefficient (Wildman–Crippen LogP) is 4.17. The van der Waals surface area contributed by atoms with Crippen molar-refractivity contribution in [2.75, 3.05) is 13.0 Å². The van der Waals surface area contributed by atoms with Crippen molar-refractivity contribution in [1.82, 2.24) is 9.55 Å². The Kier molecular flexibility index (Phi) is 4.98. The summed E-state index contributed by atoms with van der Waals surface area (Å²) >= 11 is 5.74. The highest BCUT2D eigenvalue weighted by atomic mass is 35.5. The van der Waals surface area contributed by atoms with Gasteiger partial charge in [-0.15, -0.1) is 11.6 Å². The molecular weight excluding hydrogens is 305 g/mol. The van der Waals surface area contributed by atoms with Gasteiger partial charge in [-0.25, -0.2) is 4.98 Å². The average Bonchev–Trinajstić information content (AvgIpc) is 2.75. The Hall–Kier alpha value is -1.43. The van der Waals surface area contributed by atoms with E-state index >= 15 is 0 Å². The van der Waals surface area contributed by atoms with Gasteiger partial charge in [0.1, 0.15) is 11.6 Å². The van der Waals surface area contributed by atoms with Crippen molar-refractivity contribution in [3.05, 3.63) is 24.0 Å². The Balaban J connectivity index is 2.30. The Morgan fingerprint density at radius 3 is 2.71 bits per heavy atom. The molecule has 0 N–H and O–H groups in total. The van der Waals surface area contributed by atoms with Gasteiger partial charge in [-0.1, -0.05) is 0 Å². The van der Waals surface area contributed by atoms with Crippen LogP contribution in [0.1, 0.15) is 18.7 Å². The number of rotatable bonds is 6. The normalized spacial score (nSPS) is 12.0. The van der Waals surface area contributed by atoms with Gasteiger partial charge in [-0.3, -0.25) is 0 Å². The molecule has 21 heavy (non-hydrogen) atoms. The molecule has 1 aromatic heterocycles. The number of aryl methyl sites for hydroxylation is 2. The molecule has 0 atom stereocenters. The molecule has 7 heteroatoms. The van der Waals surface area contributed by atoms with Crippen LogP contribution in [0.5, 0.6) is 5.75 Å². The summed E-state index contributed by atoms with van der Waals surface area (Å²) in [5.41, 5.74) is 1.51. The van der Waals surface area contributed by atoms with E-state index in [2.05, 4.69) is 4.98 Å². The molecule has 0 aliphatic carbocycles. The summed E-state index contributed by atoms with van der Waals surface area (Å²) in [5, 5.41) is 0. The molecule has 0 unspecified atom stereocenters. The van der Waals surface area contributed by atoms with Crippen LogP contribution < -0.4 is 4.74 Å². The monoisotopic (exact) mass is 320 g/mol. The van der Waals surface area contributed by atoms with Crippen molar-refractivity contribution in [3.63, 3.8) is 0 Å². The van der Waals surface area contributed by atoms with E-state index in [0.29, 0.717) is 23.9 Å². The fraction of sp³-hybridized carbons (Fsp3) is 0.500. The summed E-state index contributed by atoms with van der Waals surface area (Å²) in [7, 11) is 1.55. The molecule has 0 saturated carbocycles. The molecule has 1 heterocycles. The molecule has 0 aliphatic rings. The van der Waals surface area contributed by atoms with Crippen LogP contribution in [0.3, 0.4) is 0 Å². The fourth-order valence-electron chi connectivity index (χ4n) is 2.24. The molecule has 2 aromatic rings. The lowest BCUT2D eigenvalue weighted by atomic mass is 10.2. The largest absolute Gasteiger partial charge is 0.497 e. The summed E-state index contributed by atoms with van der Waals surface area (Å²) < 4.78 is 43.9. The van der Waals surface area contributed by atoms with E-state index in [-0.39, 0.29) is 13.0 Å². The van der Waals surface area contributed by atoms with Gasteiger partial charge in [0, 0.05) is 31.3 Å². The summed E-state index contributed by atoms with van der Waals surface area (Å²) in [4.78, 5) is 4.43. The third-order valence-electron chi connectivity index (χ3n) is 3.19. The summed E-state index contributed by atoms with van der Waals surface area (Å²) in [6.45, 7) is 0.259. The van der Waals surface area contributed by atoms with Crippen LogP contribution in [0.2, 0.25) is 0 Å². The van der Waals surface area contributed by atoms with Crippen LogP contribution >= 0.6 is 11.6 Å². The number of aromatic nitrogens is 2. The number of methoxy groups -OCH3 is 1. The smallest absolute Gasteiger partial charge is 0.389 e. The maximum atomic E-state index is 12.3. The van der Waals surface area contributed by atoms with Crippen molar-refractivity contribution >= 4 is 22.6 Å². The van der Waals surface area contributed by atoms with Crippen molar-refractivity contribution in [2.24, 2.45) is 0 Å². The van der Waals surface area contributed by atoms with E-state index in [1.807, 2.05) is 0 Å². The number of nitrogens with zero attached hydrogens (tertiary/aromatic N) is 2. The lowest BCUT2D eigenvalue weighted by molar-refractivity contribution is -0.135. The van der Waals surface area contributed by atoms with Crippen LogP contribution in [0.4, 0.5) is 13.2 Å². The van der Waals surface area contributed by atoms with Gasteiger partial charge in [0.2, 0.25) is 0 Å². The third-order valence-corrected chi connectivity index (χ3v) is 3.38. The number of ether oxygens (including phenoxy) is 1. The summed E-state index contributed by atoms with van der Waals surface area (Å²) in [6.07, 6.45) is -4.41. The number of benzene rings is 1. The van der Waals surface area contributed by atoms with E-state index in [0.717, 1.165) is 11.0 Å². The number of hydrogen-bond acceptors (Lipinski definition) is 2. The van der Waals surface area contributed by atoms with Gasteiger partial charge in [-0.05, 0) is 18.6 Å². The van der Waals surface area contributed by atoms with Gasteiger partial charge in [-0.2, -0.15) is 13.2 Å². The molecule has 0 fully saturated rings. The molecule has 1 aromatic carbocycles. The molecule has 2 rings (SSSR count). The van der Waals surface area contributed by atoms with Crippen molar-refractivity contribution in [1.29, 1.82) is 0 Å². The van der Waals surface area contributed by atoms with Gasteiger partial charge in [0.25, 0.3) is 0 Å². The molecule has 0 radical (unpaired) electrons. The first-order valence-electron chi connectivity index (χ1n) is 6.60. The second kappa shape index (κ2) is 6.56. The minimum absolute atomic E-state index is 0.0153. The van der Waals surface area contributed by atoms with Crippen LogP contribution in [-0.4, -0.2) is 28.7 Å². The van der Waals surface area contributed by atoms with Crippen LogP contribution in [-0.2, 0) is 13.0 Å². The van der Waals surface area contributed by atoms with E-state index in [1.165, 1.54) is 0 Å². The number of hydrogen-bond donors (Lipinski definition) is 0. The minimum Gasteiger partial charge on any atom is -0.497 e. The fourth-order valence-corrected chi connectivity index (χ4v) is 2.41. The number of imidazole rings is 1. The summed E-state index contributed by atoms with van der Waals surface area (Å²) in [6, 6.07) is 5.36. The lowest BCUT2D eigenvalue weighted by Gasteiger charge is -2.10. The molecule has 0 spiro atoms. The van der Waals surface area contributed by atoms with Gasteiger partial charge in [0.05, 0.1) is 18.1 Å². The highest BCUT2D eigenvalue weighted by Crippen LogP contribution is 2.25. The predicted molar refractivity (Wildman–Crippen MR) is 76.0 cm³/mol. The van der Waals surface area contributed by atoms with Crippen molar-refractivity contribution in [2.45, 2.75) is 32.0 Å². The van der Waals surface area contributed by atoms with E-state index in [4.69, 9.17) is 16.3 Å². The Labute approximate surface area is 125 Å².